The Morgan fingerprint density at radius 2 is 1.90 bits per heavy atom. The van der Waals surface area contributed by atoms with Gasteiger partial charge in [0.25, 0.3) is 0 Å². The molecule has 1 aliphatic heterocycles. The summed E-state index contributed by atoms with van der Waals surface area (Å²) in [5.41, 5.74) is 2.68. The average Bonchev–Trinajstić information content (AvgIpc) is 2.89. The lowest BCUT2D eigenvalue weighted by atomic mass is 10.0. The highest BCUT2D eigenvalue weighted by Crippen LogP contribution is 2.30. The molecule has 0 N–H and O–H groups in total. The summed E-state index contributed by atoms with van der Waals surface area (Å²) in [4.78, 5) is 17.1. The van der Waals surface area contributed by atoms with Crippen molar-refractivity contribution >= 4 is 21.8 Å². The van der Waals surface area contributed by atoms with Crippen molar-refractivity contribution in [3.8, 4) is 0 Å². The third kappa shape index (κ3) is 2.77. The van der Waals surface area contributed by atoms with E-state index in [0.717, 1.165) is 50.0 Å². The van der Waals surface area contributed by atoms with E-state index in [1.54, 1.807) is 0 Å². The summed E-state index contributed by atoms with van der Waals surface area (Å²) in [6.45, 7) is 7.10. The van der Waals surface area contributed by atoms with Crippen LogP contribution in [0.15, 0.2) is 22.7 Å². The van der Waals surface area contributed by atoms with Gasteiger partial charge in [-0.15, -0.1) is 0 Å². The van der Waals surface area contributed by atoms with Gasteiger partial charge in [0, 0.05) is 36.6 Å². The van der Waals surface area contributed by atoms with Crippen LogP contribution in [0.5, 0.6) is 0 Å². The summed E-state index contributed by atoms with van der Waals surface area (Å²) in [5.74, 6) is 0.514. The summed E-state index contributed by atoms with van der Waals surface area (Å²) in [7, 11) is 0. The first-order valence-corrected chi connectivity index (χ1v) is 8.25. The fraction of sp³-hybridized carbons (Fsp3) is 0.562. The molecule has 1 saturated heterocycles. The Morgan fingerprint density at radius 1 is 1.20 bits per heavy atom. The number of piperazine rings is 1. The van der Waals surface area contributed by atoms with E-state index in [0.29, 0.717) is 5.91 Å². The Bertz CT molecular complexity index is 509. The Kier molecular flexibility index (Phi) is 4.13. The van der Waals surface area contributed by atoms with Crippen molar-refractivity contribution in [2.75, 3.05) is 32.7 Å². The molecule has 0 bridgehead atoms. The van der Waals surface area contributed by atoms with Crippen LogP contribution in [-0.2, 0) is 17.6 Å². The van der Waals surface area contributed by atoms with Crippen molar-refractivity contribution in [2.45, 2.75) is 19.8 Å². The molecular weight excluding hydrogens is 316 g/mol. The third-order valence-corrected chi connectivity index (χ3v) is 5.07. The molecule has 1 unspecified atom stereocenters. The fourth-order valence-electron chi connectivity index (χ4n) is 3.30. The van der Waals surface area contributed by atoms with E-state index in [9.17, 15) is 4.79 Å². The second-order valence-electron chi connectivity index (χ2n) is 5.78. The molecule has 1 aromatic rings. The second-order valence-corrected chi connectivity index (χ2v) is 6.69. The molecule has 20 heavy (non-hydrogen) atoms. The van der Waals surface area contributed by atoms with E-state index in [1.807, 2.05) is 0 Å². The van der Waals surface area contributed by atoms with E-state index >= 15 is 0 Å². The number of amides is 1. The number of likely N-dealkylation sites (N-methyl/N-ethyl adjacent to an activating group) is 1. The lowest BCUT2D eigenvalue weighted by Gasteiger charge is -2.35. The summed E-state index contributed by atoms with van der Waals surface area (Å²) in [6.07, 6.45) is 1.82. The molecule has 1 atom stereocenters. The van der Waals surface area contributed by atoms with Crippen molar-refractivity contribution in [3.05, 3.63) is 33.8 Å². The van der Waals surface area contributed by atoms with Crippen LogP contribution in [-0.4, -0.2) is 48.4 Å². The number of halogens is 1. The monoisotopic (exact) mass is 336 g/mol. The number of hydrogen-bond donors (Lipinski definition) is 0. The molecule has 0 aromatic heterocycles. The van der Waals surface area contributed by atoms with Crippen molar-refractivity contribution in [1.29, 1.82) is 0 Å². The molecule has 108 valence electrons. The molecule has 3 nitrogen and oxygen atoms in total. The molecule has 1 fully saturated rings. The average molecular weight is 337 g/mol. The van der Waals surface area contributed by atoms with E-state index < -0.39 is 0 Å². The van der Waals surface area contributed by atoms with Crippen molar-refractivity contribution in [2.24, 2.45) is 5.92 Å². The van der Waals surface area contributed by atoms with E-state index in [1.165, 1.54) is 11.1 Å². The zero-order chi connectivity index (χ0) is 14.1. The Morgan fingerprint density at radius 3 is 2.60 bits per heavy atom. The van der Waals surface area contributed by atoms with Gasteiger partial charge in [0.05, 0.1) is 0 Å². The SMILES string of the molecule is CCN1CCN(C(=O)C2Cc3ccc(Br)cc3C2)CC1. The van der Waals surface area contributed by atoms with Crippen LogP contribution in [0.2, 0.25) is 0 Å². The number of carbonyl (C=O) groups excluding carboxylic acids is 1. The lowest BCUT2D eigenvalue weighted by Crippen LogP contribution is -2.50. The van der Waals surface area contributed by atoms with Gasteiger partial charge in [-0.3, -0.25) is 4.79 Å². The Labute approximate surface area is 129 Å². The largest absolute Gasteiger partial charge is 0.340 e. The maximum absolute atomic E-state index is 12.6. The van der Waals surface area contributed by atoms with E-state index in [4.69, 9.17) is 0 Å². The molecule has 0 spiro atoms. The van der Waals surface area contributed by atoms with Crippen LogP contribution >= 0.6 is 15.9 Å². The first-order chi connectivity index (χ1) is 9.67. The molecule has 4 heteroatoms. The van der Waals surface area contributed by atoms with Crippen molar-refractivity contribution in [3.63, 3.8) is 0 Å². The first kappa shape index (κ1) is 14.1. The van der Waals surface area contributed by atoms with Crippen LogP contribution in [0.25, 0.3) is 0 Å². The summed E-state index contributed by atoms with van der Waals surface area (Å²) in [6, 6.07) is 6.39. The van der Waals surface area contributed by atoms with Crippen LogP contribution < -0.4 is 0 Å². The zero-order valence-electron chi connectivity index (χ0n) is 11.9. The van der Waals surface area contributed by atoms with Crippen LogP contribution in [0.4, 0.5) is 0 Å². The van der Waals surface area contributed by atoms with Crippen LogP contribution in [0.1, 0.15) is 18.1 Å². The molecule has 0 saturated carbocycles. The van der Waals surface area contributed by atoms with Gasteiger partial charge in [-0.1, -0.05) is 28.9 Å². The molecule has 1 aliphatic carbocycles. The predicted molar refractivity (Wildman–Crippen MR) is 83.7 cm³/mol. The fourth-order valence-corrected chi connectivity index (χ4v) is 3.71. The normalized spacial score (nSPS) is 22.9. The smallest absolute Gasteiger partial charge is 0.226 e. The second kappa shape index (κ2) is 5.86. The van der Waals surface area contributed by atoms with Gasteiger partial charge in [0.1, 0.15) is 0 Å². The van der Waals surface area contributed by atoms with Crippen molar-refractivity contribution in [1.82, 2.24) is 9.80 Å². The van der Waals surface area contributed by atoms with Gasteiger partial charge < -0.3 is 9.80 Å². The van der Waals surface area contributed by atoms with E-state index in [2.05, 4.69) is 50.9 Å². The summed E-state index contributed by atoms with van der Waals surface area (Å²) in [5, 5.41) is 0. The molecule has 1 aromatic carbocycles. The lowest BCUT2D eigenvalue weighted by molar-refractivity contribution is -0.137. The molecule has 1 amide bonds. The number of carbonyl (C=O) groups is 1. The highest BCUT2D eigenvalue weighted by Gasteiger charge is 2.31. The number of nitrogens with zero attached hydrogens (tertiary/aromatic N) is 2. The van der Waals surface area contributed by atoms with Gasteiger partial charge in [-0.25, -0.2) is 0 Å². The summed E-state index contributed by atoms with van der Waals surface area (Å²) < 4.78 is 1.11. The maximum Gasteiger partial charge on any atom is 0.226 e. The minimum Gasteiger partial charge on any atom is -0.340 e. The van der Waals surface area contributed by atoms with Gasteiger partial charge in [-0.2, -0.15) is 0 Å². The topological polar surface area (TPSA) is 23.6 Å². The first-order valence-electron chi connectivity index (χ1n) is 7.46. The maximum atomic E-state index is 12.6. The number of rotatable bonds is 2. The highest BCUT2D eigenvalue weighted by atomic mass is 79.9. The molecular formula is C16H21BrN2O. The number of hydrogen-bond acceptors (Lipinski definition) is 2. The molecule has 3 rings (SSSR count). The van der Waals surface area contributed by atoms with Crippen LogP contribution in [0.3, 0.4) is 0 Å². The quantitative estimate of drug-likeness (QED) is 0.827. The zero-order valence-corrected chi connectivity index (χ0v) is 13.5. The number of fused-ring (bicyclic) bond motifs is 1. The summed E-state index contributed by atoms with van der Waals surface area (Å²) >= 11 is 3.51. The number of benzene rings is 1. The Hall–Kier alpha value is -0.870. The molecule has 0 radical (unpaired) electrons. The highest BCUT2D eigenvalue weighted by molar-refractivity contribution is 9.10. The minimum atomic E-state index is 0.160. The van der Waals surface area contributed by atoms with Gasteiger partial charge in [0.15, 0.2) is 0 Å². The minimum absolute atomic E-state index is 0.160. The van der Waals surface area contributed by atoms with E-state index in [-0.39, 0.29) is 5.92 Å². The van der Waals surface area contributed by atoms with Gasteiger partial charge >= 0.3 is 0 Å². The van der Waals surface area contributed by atoms with Gasteiger partial charge in [-0.05, 0) is 42.6 Å². The standard InChI is InChI=1S/C16H21BrN2O/c1-2-18-5-7-19(8-6-18)16(20)14-9-12-3-4-15(17)11-13(12)10-14/h3-4,11,14H,2,5-10H2,1H3. The Balaban J connectivity index is 1.63. The van der Waals surface area contributed by atoms with Crippen LogP contribution in [0, 0.1) is 5.92 Å². The third-order valence-electron chi connectivity index (χ3n) is 4.58. The van der Waals surface area contributed by atoms with Crippen molar-refractivity contribution < 1.29 is 4.79 Å². The molecule has 2 aliphatic rings. The van der Waals surface area contributed by atoms with Gasteiger partial charge in [0.2, 0.25) is 5.91 Å². The predicted octanol–water partition coefficient (Wildman–Crippen LogP) is 2.33. The molecule has 1 heterocycles.